The van der Waals surface area contributed by atoms with Crippen molar-refractivity contribution < 1.29 is 0 Å². The fourth-order valence-corrected chi connectivity index (χ4v) is 17.7. The van der Waals surface area contributed by atoms with Gasteiger partial charge in [0.2, 0.25) is 0 Å². The maximum absolute atomic E-state index is 2.73. The van der Waals surface area contributed by atoms with E-state index >= 15 is 0 Å². The van der Waals surface area contributed by atoms with Gasteiger partial charge in [-0.3, -0.25) is 0 Å². The molecule has 0 unspecified atom stereocenters. The number of para-hydroxylation sites is 4. The van der Waals surface area contributed by atoms with Gasteiger partial charge < -0.3 is 0 Å². The van der Waals surface area contributed by atoms with Crippen LogP contribution in [0.3, 0.4) is 0 Å². The topological polar surface area (TPSA) is 13.0 Å². The predicted molar refractivity (Wildman–Crippen MR) is 364 cm³/mol. The normalized spacial score (nSPS) is 13.9. The maximum atomic E-state index is 2.73. The van der Waals surface area contributed by atoms with Gasteiger partial charge in [0.1, 0.15) is 0 Å². The van der Waals surface area contributed by atoms with Crippen molar-refractivity contribution >= 4 is 127 Å². The van der Waals surface area contributed by atoms with E-state index in [1.807, 2.05) is 0 Å². The molecule has 11 aromatic carbocycles. The van der Waals surface area contributed by atoms with Gasteiger partial charge in [-0.2, -0.15) is 0 Å². The van der Waals surface area contributed by atoms with Crippen molar-refractivity contribution in [3.8, 4) is 44.5 Å². The van der Waals surface area contributed by atoms with Crippen LogP contribution >= 0.6 is 0 Å². The summed E-state index contributed by atoms with van der Waals surface area (Å²) in [5.74, 6) is 0. The molecule has 12 aromatic rings. The molecule has 0 saturated carbocycles. The zero-order valence-electron chi connectivity index (χ0n) is 48.6. The van der Waals surface area contributed by atoms with E-state index in [9.17, 15) is 0 Å². The minimum absolute atomic E-state index is 0.0292. The average molecular weight is 1150 g/mol. The SMILES string of the molecule is CC(C)(C)c1cc2c3c(c1)N1c4ccccc4N4c5cc(C(C)(C)C)cc6c5B(c5ccccc5N6c5cc(-c6ccccc6)cc(-c6ccccc6)c5)c5[se]c(c1c54)B3c1ccccc1N2c1cc(-c2ccccc2)cc(-c2ccccc2)c1. The number of benzene rings is 11. The molecule has 0 N–H and O–H groups in total. The van der Waals surface area contributed by atoms with Gasteiger partial charge in [0.15, 0.2) is 0 Å². The molecule has 5 aliphatic heterocycles. The van der Waals surface area contributed by atoms with E-state index < -0.39 is 0 Å². The molecule has 1 aromatic heterocycles. The van der Waals surface area contributed by atoms with Crippen LogP contribution in [0.1, 0.15) is 52.7 Å². The minimum atomic E-state index is -0.158. The van der Waals surface area contributed by atoms with E-state index in [0.29, 0.717) is 0 Å². The molecule has 6 heterocycles. The van der Waals surface area contributed by atoms with Crippen molar-refractivity contribution in [2.45, 2.75) is 52.4 Å². The second kappa shape index (κ2) is 18.6. The Morgan fingerprint density at radius 1 is 0.271 bits per heavy atom. The first-order valence-electron chi connectivity index (χ1n) is 30.0. The third-order valence-electron chi connectivity index (χ3n) is 18.5. The fourth-order valence-electron chi connectivity index (χ4n) is 14.5. The number of hydrogen-bond acceptors (Lipinski definition) is 4. The van der Waals surface area contributed by atoms with Crippen LogP contribution < -0.4 is 50.1 Å². The molecule has 0 aliphatic carbocycles. The van der Waals surface area contributed by atoms with Crippen LogP contribution in [0.2, 0.25) is 0 Å². The van der Waals surface area contributed by atoms with Gasteiger partial charge in [0.25, 0.3) is 0 Å². The quantitative estimate of drug-likeness (QED) is 0.154. The molecule has 0 atom stereocenters. The third-order valence-corrected chi connectivity index (χ3v) is 21.3. The Hall–Kier alpha value is -9.25. The Labute approximate surface area is 505 Å². The van der Waals surface area contributed by atoms with Crippen LogP contribution in [0.5, 0.6) is 0 Å². The third kappa shape index (κ3) is 7.63. The van der Waals surface area contributed by atoms with Gasteiger partial charge in [-0.25, -0.2) is 0 Å². The van der Waals surface area contributed by atoms with E-state index in [-0.39, 0.29) is 38.8 Å². The average Bonchev–Trinajstić information content (AvgIpc) is 1.67. The fraction of sp³-hybridized carbons (Fsp3) is 0.103. The Morgan fingerprint density at radius 3 is 0.871 bits per heavy atom. The summed E-state index contributed by atoms with van der Waals surface area (Å²) in [6, 6.07) is 96.5. The standard InChI is InChI=1S/C78H60B2N4Se/c1-77(2,3)57-45-67-71-69(47-57)83-65-37-23-24-38-66(65)84-70-48-58(78(4,5)6)46-68-72(70)80(62-34-20-22-36-64(62)82(68)60-43-55(51-29-15-9-16-30-51)40-56(44-60)52-31-17-10-18-32-52)76-74(84)73(83)75(85-76)79(71)61-33-19-21-35-63(61)81(67)59-41-53(49-25-11-7-12-26-49)39-54(42-59)50-27-13-8-14-28-50/h7-48H,1-6H3. The van der Waals surface area contributed by atoms with E-state index in [2.05, 4.69) is 316 Å². The van der Waals surface area contributed by atoms with Crippen LogP contribution in [0.15, 0.2) is 255 Å². The monoisotopic (exact) mass is 1150 g/mol. The van der Waals surface area contributed by atoms with Crippen LogP contribution in [-0.2, 0) is 10.8 Å². The summed E-state index contributed by atoms with van der Waals surface area (Å²) in [5.41, 5.74) is 32.5. The van der Waals surface area contributed by atoms with Gasteiger partial charge in [-0.1, -0.05) is 0 Å². The summed E-state index contributed by atoms with van der Waals surface area (Å²) in [7, 11) is 0. The van der Waals surface area contributed by atoms with E-state index in [1.54, 1.807) is 0 Å². The molecule has 7 heteroatoms. The summed E-state index contributed by atoms with van der Waals surface area (Å²) in [6.07, 6.45) is 0. The van der Waals surface area contributed by atoms with Crippen LogP contribution in [0, 0.1) is 0 Å². The van der Waals surface area contributed by atoms with Gasteiger partial charge in [-0.05, 0) is 0 Å². The van der Waals surface area contributed by atoms with Crippen LogP contribution in [0.25, 0.3) is 44.5 Å². The van der Waals surface area contributed by atoms with Gasteiger partial charge in [-0.15, -0.1) is 0 Å². The Balaban J connectivity index is 0.942. The first-order valence-corrected chi connectivity index (χ1v) is 31.7. The number of nitrogens with zero attached hydrogens (tertiary/aromatic N) is 4. The van der Waals surface area contributed by atoms with Crippen molar-refractivity contribution in [1.29, 1.82) is 0 Å². The van der Waals surface area contributed by atoms with Crippen LogP contribution in [0.4, 0.5) is 68.2 Å². The molecular weight excluding hydrogens is 1090 g/mol. The van der Waals surface area contributed by atoms with Crippen molar-refractivity contribution in [2.75, 3.05) is 19.6 Å². The summed E-state index contributed by atoms with van der Waals surface area (Å²) < 4.78 is 3.08. The Morgan fingerprint density at radius 2 is 0.553 bits per heavy atom. The molecule has 17 rings (SSSR count). The van der Waals surface area contributed by atoms with E-state index in [1.165, 1.54) is 143 Å². The molecule has 0 spiro atoms. The van der Waals surface area contributed by atoms with Crippen molar-refractivity contribution in [2.24, 2.45) is 0 Å². The number of hydrogen-bond donors (Lipinski definition) is 0. The zero-order chi connectivity index (χ0) is 57.0. The van der Waals surface area contributed by atoms with Crippen molar-refractivity contribution in [3.63, 3.8) is 0 Å². The summed E-state index contributed by atoms with van der Waals surface area (Å²) >= 11 is -0.0696. The molecule has 0 bridgehead atoms. The molecule has 0 amide bonds. The molecular formula is C78H60B2N4Se. The van der Waals surface area contributed by atoms with E-state index in [0.717, 1.165) is 11.4 Å². The van der Waals surface area contributed by atoms with Gasteiger partial charge >= 0.3 is 509 Å². The van der Waals surface area contributed by atoms with Crippen LogP contribution in [-0.4, -0.2) is 27.9 Å². The Kier molecular flexibility index (Phi) is 11.0. The van der Waals surface area contributed by atoms with E-state index in [4.69, 9.17) is 0 Å². The first kappa shape index (κ1) is 50.3. The van der Waals surface area contributed by atoms with Crippen molar-refractivity contribution in [1.82, 2.24) is 0 Å². The Bertz CT molecular complexity index is 4300. The molecule has 0 saturated heterocycles. The molecule has 404 valence electrons. The molecule has 0 fully saturated rings. The summed E-state index contributed by atoms with van der Waals surface area (Å²) in [4.78, 5) is 10.7. The molecule has 85 heavy (non-hydrogen) atoms. The predicted octanol–water partition coefficient (Wildman–Crippen LogP) is 16.5. The second-order valence-corrected chi connectivity index (χ2v) is 28.0. The van der Waals surface area contributed by atoms with Crippen molar-refractivity contribution in [3.05, 3.63) is 266 Å². The zero-order valence-corrected chi connectivity index (χ0v) is 50.3. The second-order valence-electron chi connectivity index (χ2n) is 25.7. The number of anilines is 12. The molecule has 0 radical (unpaired) electrons. The first-order chi connectivity index (χ1) is 41.4. The van der Waals surface area contributed by atoms with Gasteiger partial charge in [0, 0.05) is 0 Å². The molecule has 5 aliphatic rings. The summed E-state index contributed by atoms with van der Waals surface area (Å²) in [6.45, 7) is 14.4. The number of rotatable bonds is 6. The molecule has 4 nitrogen and oxygen atoms in total. The van der Waals surface area contributed by atoms with Gasteiger partial charge in [0.05, 0.1) is 0 Å². The number of fused-ring (bicyclic) bond motifs is 11. The summed E-state index contributed by atoms with van der Waals surface area (Å²) in [5, 5.41) is 0.